The molecule has 0 unspecified atom stereocenters. The molecule has 0 aromatic rings. The molecule has 0 aromatic carbocycles. The third-order valence-corrected chi connectivity index (χ3v) is 1.86. The van der Waals surface area contributed by atoms with Crippen LogP contribution in [0, 0.1) is 0 Å². The summed E-state index contributed by atoms with van der Waals surface area (Å²) in [5.41, 5.74) is 9.94. The Morgan fingerprint density at radius 2 is 1.76 bits per heavy atom. The minimum absolute atomic E-state index is 0.0382. The van der Waals surface area contributed by atoms with Crippen molar-refractivity contribution in [1.29, 1.82) is 0 Å². The monoisotopic (exact) mass is 244 g/mol. The molecule has 96 valence electrons. The van der Waals surface area contributed by atoms with Gasteiger partial charge < -0.3 is 22.1 Å². The van der Waals surface area contributed by atoms with Crippen LogP contribution in [0.2, 0.25) is 0 Å². The smallest absolute Gasteiger partial charge is 0.240 e. The molecule has 1 atom stereocenters. The molecule has 0 saturated carbocycles. The van der Waals surface area contributed by atoms with E-state index in [1.54, 1.807) is 0 Å². The molecule has 6 N–H and O–H groups in total. The topological polar surface area (TPSA) is 144 Å². The van der Waals surface area contributed by atoms with Gasteiger partial charge in [0, 0.05) is 13.3 Å². The quantitative estimate of drug-likeness (QED) is 0.388. The predicted octanol–water partition coefficient (Wildman–Crippen LogP) is -2.64. The maximum atomic E-state index is 11.3. The lowest BCUT2D eigenvalue weighted by Crippen LogP contribution is -2.48. The zero-order chi connectivity index (χ0) is 13.4. The second-order valence-corrected chi connectivity index (χ2v) is 3.44. The van der Waals surface area contributed by atoms with E-state index in [0.29, 0.717) is 0 Å². The predicted molar refractivity (Wildman–Crippen MR) is 58.2 cm³/mol. The van der Waals surface area contributed by atoms with Gasteiger partial charge in [-0.1, -0.05) is 0 Å². The molecule has 0 radical (unpaired) electrons. The lowest BCUT2D eigenvalue weighted by atomic mass is 10.1. The van der Waals surface area contributed by atoms with Gasteiger partial charge in [0.25, 0.3) is 0 Å². The maximum absolute atomic E-state index is 11.3. The van der Waals surface area contributed by atoms with E-state index in [1.807, 2.05) is 0 Å². The lowest BCUT2D eigenvalue weighted by molar-refractivity contribution is -0.128. The van der Waals surface area contributed by atoms with Crippen molar-refractivity contribution in [2.75, 3.05) is 6.54 Å². The van der Waals surface area contributed by atoms with E-state index < -0.39 is 23.8 Å². The highest BCUT2D eigenvalue weighted by molar-refractivity contribution is 5.89. The van der Waals surface area contributed by atoms with Crippen LogP contribution in [0.25, 0.3) is 0 Å². The van der Waals surface area contributed by atoms with Gasteiger partial charge in [0.2, 0.25) is 23.6 Å². The Kier molecular flexibility index (Phi) is 6.30. The van der Waals surface area contributed by atoms with Crippen molar-refractivity contribution in [3.8, 4) is 0 Å². The number of primary amides is 2. The molecule has 4 amide bonds. The van der Waals surface area contributed by atoms with Crippen molar-refractivity contribution in [2.45, 2.75) is 25.8 Å². The number of rotatable bonds is 7. The van der Waals surface area contributed by atoms with Gasteiger partial charge in [-0.15, -0.1) is 0 Å². The number of nitrogens with one attached hydrogen (secondary N) is 2. The van der Waals surface area contributed by atoms with E-state index >= 15 is 0 Å². The number of hydrogen-bond acceptors (Lipinski definition) is 4. The van der Waals surface area contributed by atoms with Gasteiger partial charge in [0.1, 0.15) is 6.04 Å². The van der Waals surface area contributed by atoms with Crippen LogP contribution in [-0.4, -0.2) is 36.2 Å². The van der Waals surface area contributed by atoms with Crippen molar-refractivity contribution >= 4 is 23.6 Å². The minimum Gasteiger partial charge on any atom is -0.370 e. The molecule has 0 bridgehead atoms. The van der Waals surface area contributed by atoms with Crippen LogP contribution in [0.5, 0.6) is 0 Å². The molecule has 0 rings (SSSR count). The maximum Gasteiger partial charge on any atom is 0.240 e. The average Bonchev–Trinajstić information content (AvgIpc) is 2.20. The summed E-state index contributed by atoms with van der Waals surface area (Å²) in [5, 5.41) is 4.55. The Morgan fingerprint density at radius 1 is 1.18 bits per heavy atom. The standard InChI is InChI=1S/C9H16N4O4/c1-5(14)12-4-8(16)13-6(9(11)17)2-3-7(10)15/h6H,2-4H2,1H3,(H2,10,15)(H2,11,17)(H,12,14)(H,13,16)/t6-/m0/s1. The summed E-state index contributed by atoms with van der Waals surface area (Å²) in [7, 11) is 0. The Labute approximate surface area is 98.1 Å². The van der Waals surface area contributed by atoms with Gasteiger partial charge in [-0.3, -0.25) is 19.2 Å². The van der Waals surface area contributed by atoms with E-state index in [0.717, 1.165) is 0 Å². The molecule has 0 aromatic heterocycles. The second-order valence-electron chi connectivity index (χ2n) is 3.44. The first-order chi connectivity index (χ1) is 7.82. The molecule has 0 heterocycles. The largest absolute Gasteiger partial charge is 0.370 e. The van der Waals surface area contributed by atoms with Gasteiger partial charge in [-0.2, -0.15) is 0 Å². The van der Waals surface area contributed by atoms with Crippen molar-refractivity contribution in [3.63, 3.8) is 0 Å². The zero-order valence-electron chi connectivity index (χ0n) is 9.49. The summed E-state index contributed by atoms with van der Waals surface area (Å²) in [6.45, 7) is 1.00. The number of amides is 4. The summed E-state index contributed by atoms with van der Waals surface area (Å²) in [5.74, 6) is -2.28. The summed E-state index contributed by atoms with van der Waals surface area (Å²) in [6.07, 6.45) is -0.0233. The first-order valence-corrected chi connectivity index (χ1v) is 4.94. The fourth-order valence-corrected chi connectivity index (χ4v) is 1.02. The minimum atomic E-state index is -0.969. The van der Waals surface area contributed by atoms with E-state index in [-0.39, 0.29) is 25.3 Å². The van der Waals surface area contributed by atoms with Crippen LogP contribution < -0.4 is 22.1 Å². The van der Waals surface area contributed by atoms with E-state index in [9.17, 15) is 19.2 Å². The molecule has 0 saturated heterocycles. The molecule has 0 fully saturated rings. The molecule has 17 heavy (non-hydrogen) atoms. The molecule has 0 aliphatic carbocycles. The van der Waals surface area contributed by atoms with E-state index in [2.05, 4.69) is 10.6 Å². The number of carbonyl (C=O) groups is 4. The summed E-state index contributed by atoms with van der Waals surface area (Å²) >= 11 is 0. The highest BCUT2D eigenvalue weighted by atomic mass is 16.2. The third-order valence-electron chi connectivity index (χ3n) is 1.86. The molecular weight excluding hydrogens is 228 g/mol. The SMILES string of the molecule is CC(=O)NCC(=O)N[C@@H](CCC(N)=O)C(N)=O. The first kappa shape index (κ1) is 14.9. The van der Waals surface area contributed by atoms with Crippen LogP contribution in [0.3, 0.4) is 0 Å². The van der Waals surface area contributed by atoms with Crippen LogP contribution in [0.4, 0.5) is 0 Å². The van der Waals surface area contributed by atoms with Crippen molar-refractivity contribution in [3.05, 3.63) is 0 Å². The summed E-state index contributed by atoms with van der Waals surface area (Å²) in [6, 6.07) is -0.969. The van der Waals surface area contributed by atoms with E-state index in [1.165, 1.54) is 6.92 Å². The summed E-state index contributed by atoms with van der Waals surface area (Å²) < 4.78 is 0. The Morgan fingerprint density at radius 3 is 2.18 bits per heavy atom. The van der Waals surface area contributed by atoms with Gasteiger partial charge in [-0.05, 0) is 6.42 Å². The fraction of sp³-hybridized carbons (Fsp3) is 0.556. The normalized spacial score (nSPS) is 11.4. The lowest BCUT2D eigenvalue weighted by Gasteiger charge is -2.14. The van der Waals surface area contributed by atoms with Gasteiger partial charge in [-0.25, -0.2) is 0 Å². The molecule has 8 heteroatoms. The number of nitrogens with two attached hydrogens (primary N) is 2. The van der Waals surface area contributed by atoms with Crippen LogP contribution in [-0.2, 0) is 19.2 Å². The Hall–Kier alpha value is -2.12. The van der Waals surface area contributed by atoms with E-state index in [4.69, 9.17) is 11.5 Å². The van der Waals surface area contributed by atoms with Crippen molar-refractivity contribution < 1.29 is 19.2 Å². The third kappa shape index (κ3) is 7.77. The van der Waals surface area contributed by atoms with Gasteiger partial charge >= 0.3 is 0 Å². The Balaban J connectivity index is 4.15. The van der Waals surface area contributed by atoms with Gasteiger partial charge in [0.05, 0.1) is 6.54 Å². The molecule has 0 aliphatic heterocycles. The molecule has 0 aliphatic rings. The molecule has 8 nitrogen and oxygen atoms in total. The van der Waals surface area contributed by atoms with Crippen molar-refractivity contribution in [1.82, 2.24) is 10.6 Å². The molecular formula is C9H16N4O4. The second kappa shape index (κ2) is 7.20. The number of hydrogen-bond donors (Lipinski definition) is 4. The zero-order valence-corrected chi connectivity index (χ0v) is 9.49. The van der Waals surface area contributed by atoms with Crippen LogP contribution >= 0.6 is 0 Å². The highest BCUT2D eigenvalue weighted by Gasteiger charge is 2.18. The van der Waals surface area contributed by atoms with Crippen molar-refractivity contribution in [2.24, 2.45) is 11.5 Å². The fourth-order valence-electron chi connectivity index (χ4n) is 1.02. The Bertz CT molecular complexity index is 329. The van der Waals surface area contributed by atoms with Crippen LogP contribution in [0.1, 0.15) is 19.8 Å². The number of carbonyl (C=O) groups excluding carboxylic acids is 4. The molecule has 0 spiro atoms. The first-order valence-electron chi connectivity index (χ1n) is 4.94. The highest BCUT2D eigenvalue weighted by Crippen LogP contribution is 1.96. The van der Waals surface area contributed by atoms with Crippen LogP contribution in [0.15, 0.2) is 0 Å². The summed E-state index contributed by atoms with van der Waals surface area (Å²) in [4.78, 5) is 43.3. The average molecular weight is 244 g/mol. The van der Waals surface area contributed by atoms with Gasteiger partial charge in [0.15, 0.2) is 0 Å².